The van der Waals surface area contributed by atoms with Crippen molar-refractivity contribution >= 4 is 5.95 Å². The van der Waals surface area contributed by atoms with Gasteiger partial charge in [-0.25, -0.2) is 4.68 Å². The molecule has 0 unspecified atom stereocenters. The van der Waals surface area contributed by atoms with Gasteiger partial charge in [-0.05, 0) is 42.0 Å². The van der Waals surface area contributed by atoms with Crippen molar-refractivity contribution < 1.29 is 9.52 Å². The number of furan rings is 1. The fourth-order valence-electron chi connectivity index (χ4n) is 2.26. The minimum atomic E-state index is -0.468. The molecular formula is C16H19N5O2. The molecule has 23 heavy (non-hydrogen) atoms. The van der Waals surface area contributed by atoms with Crippen LogP contribution in [0.5, 0.6) is 0 Å². The number of rotatable bonds is 6. The van der Waals surface area contributed by atoms with Crippen molar-refractivity contribution in [2.24, 2.45) is 0 Å². The normalized spacial score (nSPS) is 12.3. The van der Waals surface area contributed by atoms with Crippen LogP contribution in [0.25, 0.3) is 11.3 Å². The maximum absolute atomic E-state index is 9.54. The first-order valence-corrected chi connectivity index (χ1v) is 7.54. The van der Waals surface area contributed by atoms with Crippen LogP contribution in [0.3, 0.4) is 0 Å². The summed E-state index contributed by atoms with van der Waals surface area (Å²) in [6.45, 7) is 4.93. The lowest BCUT2D eigenvalue weighted by Crippen LogP contribution is -2.07. The minimum absolute atomic E-state index is 0.468. The summed E-state index contributed by atoms with van der Waals surface area (Å²) in [4.78, 5) is 0. The molecule has 2 N–H and O–H groups in total. The average Bonchev–Trinajstić information content (AvgIpc) is 3.21. The van der Waals surface area contributed by atoms with Gasteiger partial charge in [0, 0.05) is 12.1 Å². The first-order chi connectivity index (χ1) is 11.2. The van der Waals surface area contributed by atoms with E-state index in [4.69, 9.17) is 4.42 Å². The maximum Gasteiger partial charge on any atom is 0.243 e. The predicted octanol–water partition coefficient (Wildman–Crippen LogP) is 2.62. The van der Waals surface area contributed by atoms with Gasteiger partial charge in [0.2, 0.25) is 5.95 Å². The highest BCUT2D eigenvalue weighted by Gasteiger charge is 2.08. The summed E-state index contributed by atoms with van der Waals surface area (Å²) < 4.78 is 7.52. The molecular weight excluding hydrogens is 294 g/mol. The molecule has 3 rings (SSSR count). The molecule has 1 atom stereocenters. The topological polar surface area (TPSA) is 89.0 Å². The SMILES string of the molecule is CCn1nnnc1NCc1ccc(-c2ccc([C@H](C)O)cc2)o1. The van der Waals surface area contributed by atoms with Gasteiger partial charge < -0.3 is 14.8 Å². The number of aliphatic hydroxyl groups excluding tert-OH is 1. The van der Waals surface area contributed by atoms with Crippen LogP contribution in [0.15, 0.2) is 40.8 Å². The summed E-state index contributed by atoms with van der Waals surface area (Å²) in [5.74, 6) is 2.20. The summed E-state index contributed by atoms with van der Waals surface area (Å²) in [6.07, 6.45) is -0.468. The van der Waals surface area contributed by atoms with Crippen molar-refractivity contribution in [3.05, 3.63) is 47.7 Å². The second-order valence-corrected chi connectivity index (χ2v) is 5.24. The molecule has 0 aliphatic carbocycles. The summed E-state index contributed by atoms with van der Waals surface area (Å²) in [5.41, 5.74) is 1.85. The Kier molecular flexibility index (Phi) is 4.38. The van der Waals surface area contributed by atoms with E-state index in [1.54, 1.807) is 11.6 Å². The van der Waals surface area contributed by atoms with E-state index in [0.29, 0.717) is 19.0 Å². The van der Waals surface area contributed by atoms with Crippen molar-refractivity contribution in [3.63, 3.8) is 0 Å². The molecule has 0 spiro atoms. The van der Waals surface area contributed by atoms with E-state index < -0.39 is 6.10 Å². The largest absolute Gasteiger partial charge is 0.459 e. The number of nitrogens with zero attached hydrogens (tertiary/aromatic N) is 4. The molecule has 0 radical (unpaired) electrons. The lowest BCUT2D eigenvalue weighted by Gasteiger charge is -2.05. The van der Waals surface area contributed by atoms with Crippen LogP contribution in [0.4, 0.5) is 5.95 Å². The number of hydrogen-bond acceptors (Lipinski definition) is 6. The number of aromatic nitrogens is 4. The van der Waals surface area contributed by atoms with Crippen LogP contribution < -0.4 is 5.32 Å². The van der Waals surface area contributed by atoms with Crippen molar-refractivity contribution in [2.75, 3.05) is 5.32 Å². The van der Waals surface area contributed by atoms with Gasteiger partial charge in [-0.2, -0.15) is 0 Å². The second kappa shape index (κ2) is 6.62. The van der Waals surface area contributed by atoms with Crippen molar-refractivity contribution in [2.45, 2.75) is 33.0 Å². The smallest absolute Gasteiger partial charge is 0.243 e. The Bertz CT molecular complexity index is 761. The molecule has 0 fully saturated rings. The van der Waals surface area contributed by atoms with E-state index in [1.807, 2.05) is 43.3 Å². The van der Waals surface area contributed by atoms with Gasteiger partial charge >= 0.3 is 0 Å². The maximum atomic E-state index is 9.54. The Labute approximate surface area is 133 Å². The Hall–Kier alpha value is -2.67. The third kappa shape index (κ3) is 3.40. The highest BCUT2D eigenvalue weighted by molar-refractivity contribution is 5.58. The fraction of sp³-hybridized carbons (Fsp3) is 0.312. The van der Waals surface area contributed by atoms with Gasteiger partial charge in [0.15, 0.2) is 0 Å². The van der Waals surface area contributed by atoms with Crippen molar-refractivity contribution in [1.29, 1.82) is 0 Å². The van der Waals surface area contributed by atoms with Gasteiger partial charge in [-0.1, -0.05) is 29.4 Å². The number of benzene rings is 1. The van der Waals surface area contributed by atoms with E-state index in [0.717, 1.165) is 22.6 Å². The third-order valence-corrected chi connectivity index (χ3v) is 3.59. The van der Waals surface area contributed by atoms with E-state index >= 15 is 0 Å². The standard InChI is InChI=1S/C16H19N5O2/c1-3-21-16(18-19-20-21)17-10-14-8-9-15(23-14)13-6-4-12(5-7-13)11(2)22/h4-9,11,22H,3,10H2,1-2H3,(H,17,18,20)/t11-/m0/s1. The Morgan fingerprint density at radius 3 is 2.70 bits per heavy atom. The monoisotopic (exact) mass is 313 g/mol. The van der Waals surface area contributed by atoms with E-state index in [9.17, 15) is 5.11 Å². The molecule has 2 aromatic heterocycles. The van der Waals surface area contributed by atoms with Crippen LogP contribution in [0.2, 0.25) is 0 Å². The fourth-order valence-corrected chi connectivity index (χ4v) is 2.26. The third-order valence-electron chi connectivity index (χ3n) is 3.59. The van der Waals surface area contributed by atoms with E-state index in [2.05, 4.69) is 20.8 Å². The molecule has 0 aliphatic rings. The molecule has 2 heterocycles. The second-order valence-electron chi connectivity index (χ2n) is 5.24. The van der Waals surface area contributed by atoms with Gasteiger partial charge in [-0.3, -0.25) is 0 Å². The Balaban J connectivity index is 1.68. The van der Waals surface area contributed by atoms with Gasteiger partial charge in [0.05, 0.1) is 12.6 Å². The summed E-state index contributed by atoms with van der Waals surface area (Å²) >= 11 is 0. The number of nitrogens with one attached hydrogen (secondary N) is 1. The highest BCUT2D eigenvalue weighted by atomic mass is 16.3. The van der Waals surface area contributed by atoms with Crippen LogP contribution in [0, 0.1) is 0 Å². The van der Waals surface area contributed by atoms with Gasteiger partial charge in [0.25, 0.3) is 0 Å². The van der Waals surface area contributed by atoms with Crippen LogP contribution in [-0.2, 0) is 13.1 Å². The summed E-state index contributed by atoms with van der Waals surface area (Å²) in [6, 6.07) is 11.5. The molecule has 0 bridgehead atoms. The first kappa shape index (κ1) is 15.2. The molecule has 0 saturated carbocycles. The Morgan fingerprint density at radius 2 is 2.00 bits per heavy atom. The molecule has 7 nitrogen and oxygen atoms in total. The van der Waals surface area contributed by atoms with Gasteiger partial charge in [-0.15, -0.1) is 0 Å². The van der Waals surface area contributed by atoms with Gasteiger partial charge in [0.1, 0.15) is 11.5 Å². The molecule has 0 saturated heterocycles. The zero-order chi connectivity index (χ0) is 16.2. The van der Waals surface area contributed by atoms with Crippen LogP contribution >= 0.6 is 0 Å². The zero-order valence-electron chi connectivity index (χ0n) is 13.1. The van der Waals surface area contributed by atoms with Crippen LogP contribution in [-0.4, -0.2) is 25.3 Å². The Morgan fingerprint density at radius 1 is 1.22 bits per heavy atom. The molecule has 120 valence electrons. The minimum Gasteiger partial charge on any atom is -0.459 e. The number of hydrogen-bond donors (Lipinski definition) is 2. The predicted molar refractivity (Wildman–Crippen MR) is 85.6 cm³/mol. The molecule has 0 aliphatic heterocycles. The lowest BCUT2D eigenvalue weighted by molar-refractivity contribution is 0.199. The first-order valence-electron chi connectivity index (χ1n) is 7.54. The number of aliphatic hydroxyl groups is 1. The number of aryl methyl sites for hydroxylation is 1. The highest BCUT2D eigenvalue weighted by Crippen LogP contribution is 2.24. The summed E-state index contributed by atoms with van der Waals surface area (Å²) in [5, 5.41) is 24.1. The van der Waals surface area contributed by atoms with E-state index in [1.165, 1.54) is 0 Å². The number of anilines is 1. The average molecular weight is 313 g/mol. The summed E-state index contributed by atoms with van der Waals surface area (Å²) in [7, 11) is 0. The molecule has 3 aromatic rings. The quantitative estimate of drug-likeness (QED) is 0.727. The molecule has 1 aromatic carbocycles. The lowest BCUT2D eigenvalue weighted by atomic mass is 10.1. The zero-order valence-corrected chi connectivity index (χ0v) is 13.1. The van der Waals surface area contributed by atoms with Crippen molar-refractivity contribution in [1.82, 2.24) is 20.2 Å². The van der Waals surface area contributed by atoms with Crippen LogP contribution in [0.1, 0.15) is 31.3 Å². The van der Waals surface area contributed by atoms with Crippen molar-refractivity contribution in [3.8, 4) is 11.3 Å². The number of tetrazole rings is 1. The molecule has 0 amide bonds. The van der Waals surface area contributed by atoms with E-state index in [-0.39, 0.29) is 0 Å². The molecule has 7 heteroatoms.